The molecule has 2 heterocycles. The first-order chi connectivity index (χ1) is 13.2. The Morgan fingerprint density at radius 2 is 2.04 bits per heavy atom. The average molecular weight is 434 g/mol. The van der Waals surface area contributed by atoms with E-state index in [2.05, 4.69) is 47.1 Å². The lowest BCUT2D eigenvalue weighted by Crippen LogP contribution is -2.52. The minimum absolute atomic E-state index is 0.204. The van der Waals surface area contributed by atoms with Gasteiger partial charge in [0.2, 0.25) is 0 Å². The van der Waals surface area contributed by atoms with Gasteiger partial charge in [-0.3, -0.25) is 14.9 Å². The Bertz CT molecular complexity index is 760. The van der Waals surface area contributed by atoms with Crippen LogP contribution in [0.5, 0.6) is 0 Å². The number of piperazine rings is 1. The van der Waals surface area contributed by atoms with Crippen LogP contribution >= 0.6 is 15.9 Å². The van der Waals surface area contributed by atoms with Gasteiger partial charge in [-0.2, -0.15) is 0 Å². The van der Waals surface area contributed by atoms with Crippen molar-refractivity contribution < 1.29 is 4.39 Å². The molecular weight excluding hydrogens is 409 g/mol. The Hall–Kier alpha value is -1.99. The molecule has 1 fully saturated rings. The molecule has 1 aromatic carbocycles. The number of hydrogen-bond donors (Lipinski definition) is 1. The van der Waals surface area contributed by atoms with Crippen LogP contribution in [0.3, 0.4) is 0 Å². The quantitative estimate of drug-likeness (QED) is 0.581. The predicted octanol–water partition coefficient (Wildman–Crippen LogP) is 2.92. The number of aliphatic imine (C=N–C) groups is 1. The zero-order valence-electron chi connectivity index (χ0n) is 15.5. The lowest BCUT2D eigenvalue weighted by atomic mass is 10.2. The Kier molecular flexibility index (Phi) is 7.18. The van der Waals surface area contributed by atoms with Crippen LogP contribution < -0.4 is 5.32 Å². The first kappa shape index (κ1) is 19.8. The van der Waals surface area contributed by atoms with Gasteiger partial charge in [0.15, 0.2) is 5.96 Å². The highest BCUT2D eigenvalue weighted by molar-refractivity contribution is 9.10. The van der Waals surface area contributed by atoms with Crippen molar-refractivity contribution in [3.63, 3.8) is 0 Å². The van der Waals surface area contributed by atoms with Crippen LogP contribution in [-0.4, -0.2) is 60.5 Å². The fraction of sp³-hybridized carbons (Fsp3) is 0.400. The Balaban J connectivity index is 1.44. The molecule has 0 atom stereocenters. The van der Waals surface area contributed by atoms with Crippen LogP contribution in [0.25, 0.3) is 0 Å². The lowest BCUT2D eigenvalue weighted by Gasteiger charge is -2.36. The van der Waals surface area contributed by atoms with Gasteiger partial charge in [-0.25, -0.2) is 4.39 Å². The summed E-state index contributed by atoms with van der Waals surface area (Å²) in [6.45, 7) is 5.28. The topological polar surface area (TPSA) is 43.8 Å². The molecule has 2 aromatic rings. The number of halogens is 2. The Morgan fingerprint density at radius 1 is 1.22 bits per heavy atom. The van der Waals surface area contributed by atoms with E-state index in [9.17, 15) is 4.39 Å². The van der Waals surface area contributed by atoms with E-state index in [1.807, 2.05) is 25.4 Å². The van der Waals surface area contributed by atoms with Crippen LogP contribution in [0.15, 0.2) is 52.2 Å². The summed E-state index contributed by atoms with van der Waals surface area (Å²) in [5.41, 5.74) is 2.22. The molecule has 0 aliphatic carbocycles. The summed E-state index contributed by atoms with van der Waals surface area (Å²) in [6.07, 6.45) is 4.61. The summed E-state index contributed by atoms with van der Waals surface area (Å²) in [6, 6.07) is 9.39. The predicted molar refractivity (Wildman–Crippen MR) is 110 cm³/mol. The van der Waals surface area contributed by atoms with Crippen molar-refractivity contribution in [2.75, 3.05) is 39.8 Å². The highest BCUT2D eigenvalue weighted by Gasteiger charge is 2.19. The van der Waals surface area contributed by atoms with E-state index in [0.29, 0.717) is 4.47 Å². The third-order valence-corrected chi connectivity index (χ3v) is 5.34. The van der Waals surface area contributed by atoms with Gasteiger partial charge in [0.1, 0.15) is 5.82 Å². The number of nitrogens with zero attached hydrogens (tertiary/aromatic N) is 4. The van der Waals surface area contributed by atoms with E-state index in [1.54, 1.807) is 18.3 Å². The van der Waals surface area contributed by atoms with Crippen molar-refractivity contribution in [1.82, 2.24) is 20.1 Å². The van der Waals surface area contributed by atoms with E-state index in [4.69, 9.17) is 0 Å². The van der Waals surface area contributed by atoms with Gasteiger partial charge in [0.25, 0.3) is 0 Å². The molecular formula is C20H25BrFN5. The highest BCUT2D eigenvalue weighted by Crippen LogP contribution is 2.18. The van der Waals surface area contributed by atoms with E-state index in [-0.39, 0.29) is 5.82 Å². The molecule has 0 bridgehead atoms. The first-order valence-electron chi connectivity index (χ1n) is 9.16. The van der Waals surface area contributed by atoms with Crippen LogP contribution in [0.2, 0.25) is 0 Å². The maximum absolute atomic E-state index is 13.7. The van der Waals surface area contributed by atoms with Crippen molar-refractivity contribution in [3.8, 4) is 0 Å². The maximum Gasteiger partial charge on any atom is 0.193 e. The zero-order chi connectivity index (χ0) is 19.1. The summed E-state index contributed by atoms with van der Waals surface area (Å²) in [7, 11) is 1.82. The number of aromatic nitrogens is 1. The van der Waals surface area contributed by atoms with Gasteiger partial charge in [-0.15, -0.1) is 0 Å². The maximum atomic E-state index is 13.7. The van der Waals surface area contributed by atoms with Gasteiger partial charge >= 0.3 is 0 Å². The van der Waals surface area contributed by atoms with Gasteiger partial charge < -0.3 is 10.2 Å². The molecule has 0 radical (unpaired) electrons. The molecule has 1 aliphatic heterocycles. The second kappa shape index (κ2) is 9.80. The third kappa shape index (κ3) is 5.74. The van der Waals surface area contributed by atoms with Crippen molar-refractivity contribution in [3.05, 3.63) is 64.1 Å². The molecule has 0 unspecified atom stereocenters. The number of rotatable bonds is 5. The molecule has 1 aliphatic rings. The average Bonchev–Trinajstić information content (AvgIpc) is 2.70. The summed E-state index contributed by atoms with van der Waals surface area (Å²) in [4.78, 5) is 13.2. The van der Waals surface area contributed by atoms with E-state index < -0.39 is 0 Å². The van der Waals surface area contributed by atoms with E-state index in [1.165, 1.54) is 5.56 Å². The van der Waals surface area contributed by atoms with Gasteiger partial charge in [0.05, 0.1) is 4.47 Å². The molecule has 3 rings (SSSR count). The third-order valence-electron chi connectivity index (χ3n) is 4.69. The molecule has 0 saturated carbocycles. The Labute approximate surface area is 168 Å². The second-order valence-corrected chi connectivity index (χ2v) is 7.45. The Morgan fingerprint density at radius 3 is 2.70 bits per heavy atom. The minimum atomic E-state index is -0.204. The normalized spacial score (nSPS) is 15.8. The summed E-state index contributed by atoms with van der Waals surface area (Å²) < 4.78 is 14.2. The van der Waals surface area contributed by atoms with Gasteiger partial charge in [0, 0.05) is 58.7 Å². The van der Waals surface area contributed by atoms with Crippen molar-refractivity contribution in [2.24, 2.45) is 4.99 Å². The molecule has 7 heteroatoms. The van der Waals surface area contributed by atoms with Gasteiger partial charge in [-0.1, -0.05) is 12.1 Å². The molecule has 1 N–H and O–H groups in total. The monoisotopic (exact) mass is 433 g/mol. The van der Waals surface area contributed by atoms with E-state index in [0.717, 1.165) is 57.2 Å². The number of pyridine rings is 1. The zero-order valence-corrected chi connectivity index (χ0v) is 17.1. The fourth-order valence-electron chi connectivity index (χ4n) is 3.21. The van der Waals surface area contributed by atoms with Crippen molar-refractivity contribution in [2.45, 2.75) is 13.0 Å². The summed E-state index contributed by atoms with van der Waals surface area (Å²) in [5, 5.41) is 3.44. The molecule has 5 nitrogen and oxygen atoms in total. The van der Waals surface area contributed by atoms with Crippen molar-refractivity contribution in [1.29, 1.82) is 0 Å². The highest BCUT2D eigenvalue weighted by atomic mass is 79.9. The van der Waals surface area contributed by atoms with Gasteiger partial charge in [-0.05, 0) is 51.7 Å². The summed E-state index contributed by atoms with van der Waals surface area (Å²) >= 11 is 3.20. The molecule has 27 heavy (non-hydrogen) atoms. The molecule has 1 saturated heterocycles. The number of guanidine groups is 1. The first-order valence-corrected chi connectivity index (χ1v) is 9.96. The lowest BCUT2D eigenvalue weighted by molar-refractivity contribution is 0.172. The number of nitrogens with one attached hydrogen (secondary N) is 1. The van der Waals surface area contributed by atoms with E-state index >= 15 is 0 Å². The standard InChI is InChI=1S/C20H25BrFN5/c1-23-20(25-8-6-16-3-2-7-24-14-16)27-11-9-26(10-12-27)15-17-4-5-18(21)19(22)13-17/h2-5,7,13-14H,6,8-12,15H2,1H3,(H,23,25). The smallest absolute Gasteiger partial charge is 0.193 e. The van der Waals surface area contributed by atoms with Crippen molar-refractivity contribution >= 4 is 21.9 Å². The number of benzene rings is 1. The molecule has 1 aromatic heterocycles. The molecule has 144 valence electrons. The minimum Gasteiger partial charge on any atom is -0.356 e. The van der Waals surface area contributed by atoms with Crippen LogP contribution in [0.4, 0.5) is 4.39 Å². The van der Waals surface area contributed by atoms with Crippen LogP contribution in [0, 0.1) is 5.82 Å². The summed E-state index contributed by atoms with van der Waals surface area (Å²) in [5.74, 6) is 0.734. The SMILES string of the molecule is CN=C(NCCc1cccnc1)N1CCN(Cc2ccc(Br)c(F)c2)CC1. The van der Waals surface area contributed by atoms with Crippen LogP contribution in [0.1, 0.15) is 11.1 Å². The molecule has 0 amide bonds. The molecule has 0 spiro atoms. The fourth-order valence-corrected chi connectivity index (χ4v) is 3.46. The second-order valence-electron chi connectivity index (χ2n) is 6.60. The largest absolute Gasteiger partial charge is 0.356 e. The number of hydrogen-bond acceptors (Lipinski definition) is 3. The van der Waals surface area contributed by atoms with Crippen LogP contribution in [-0.2, 0) is 13.0 Å².